The van der Waals surface area contributed by atoms with Gasteiger partial charge in [-0.3, -0.25) is 4.98 Å². The Hall–Kier alpha value is -3.19. The van der Waals surface area contributed by atoms with Crippen LogP contribution in [0.5, 0.6) is 5.75 Å². The van der Waals surface area contributed by atoms with Gasteiger partial charge >= 0.3 is 0 Å². The molecule has 0 fully saturated rings. The molecule has 1 N–H and O–H groups in total. The van der Waals surface area contributed by atoms with Crippen molar-refractivity contribution in [3.63, 3.8) is 0 Å². The van der Waals surface area contributed by atoms with E-state index in [1.807, 2.05) is 25.1 Å². The molecule has 3 heterocycles. The summed E-state index contributed by atoms with van der Waals surface area (Å²) in [5.41, 5.74) is 3.74. The Morgan fingerprint density at radius 2 is 2.07 bits per heavy atom. The van der Waals surface area contributed by atoms with E-state index >= 15 is 0 Å². The highest BCUT2D eigenvalue weighted by molar-refractivity contribution is 6.30. The van der Waals surface area contributed by atoms with Crippen molar-refractivity contribution in [2.75, 3.05) is 19.0 Å². The summed E-state index contributed by atoms with van der Waals surface area (Å²) in [6.45, 7) is 2.61. The average Bonchev–Trinajstić information content (AvgIpc) is 3.05. The van der Waals surface area contributed by atoms with Crippen molar-refractivity contribution in [2.45, 2.75) is 13.3 Å². The van der Waals surface area contributed by atoms with E-state index in [-0.39, 0.29) is 0 Å². The molecular formula is C21H19ClFN5O. The molecule has 0 aliphatic rings. The van der Waals surface area contributed by atoms with Crippen LogP contribution < -0.4 is 10.1 Å². The number of nitrogens with zero attached hydrogens (tertiary/aromatic N) is 4. The van der Waals surface area contributed by atoms with Crippen molar-refractivity contribution < 1.29 is 9.13 Å². The molecule has 0 aliphatic heterocycles. The third kappa shape index (κ3) is 4.00. The van der Waals surface area contributed by atoms with Gasteiger partial charge in [0.15, 0.2) is 11.5 Å². The molecule has 0 radical (unpaired) electrons. The minimum absolute atomic E-state index is 0.387. The predicted molar refractivity (Wildman–Crippen MR) is 111 cm³/mol. The minimum atomic E-state index is -0.426. The van der Waals surface area contributed by atoms with Gasteiger partial charge in [-0.15, -0.1) is 5.10 Å². The molecule has 0 spiro atoms. The van der Waals surface area contributed by atoms with E-state index in [1.165, 1.54) is 6.07 Å². The highest BCUT2D eigenvalue weighted by Gasteiger charge is 2.15. The molecule has 4 rings (SSSR count). The van der Waals surface area contributed by atoms with Crippen molar-refractivity contribution in [3.05, 3.63) is 70.9 Å². The molecule has 1 aromatic carbocycles. The number of methoxy groups -OCH3 is 1. The first-order valence-corrected chi connectivity index (χ1v) is 9.46. The monoisotopic (exact) mass is 411 g/mol. The van der Waals surface area contributed by atoms with Gasteiger partial charge in [-0.2, -0.15) is 0 Å². The lowest BCUT2D eigenvalue weighted by atomic mass is 10.1. The number of hydrogen-bond acceptors (Lipinski definition) is 5. The normalized spacial score (nSPS) is 11.0. The van der Waals surface area contributed by atoms with Crippen molar-refractivity contribution in [3.8, 4) is 17.0 Å². The van der Waals surface area contributed by atoms with Gasteiger partial charge < -0.3 is 10.1 Å². The van der Waals surface area contributed by atoms with Crippen LogP contribution in [0.2, 0.25) is 5.15 Å². The number of rotatable bonds is 6. The van der Waals surface area contributed by atoms with Gasteiger partial charge in [0.2, 0.25) is 0 Å². The molecule has 0 amide bonds. The zero-order chi connectivity index (χ0) is 20.4. The number of aryl methyl sites for hydroxylation is 1. The first-order valence-electron chi connectivity index (χ1n) is 9.09. The summed E-state index contributed by atoms with van der Waals surface area (Å²) in [5, 5.41) is 8.25. The summed E-state index contributed by atoms with van der Waals surface area (Å²) >= 11 is 6.41. The fourth-order valence-electron chi connectivity index (χ4n) is 3.11. The Balaban J connectivity index is 1.57. The first-order chi connectivity index (χ1) is 14.0. The molecule has 0 unspecified atom stereocenters. The van der Waals surface area contributed by atoms with E-state index in [1.54, 1.807) is 23.9 Å². The summed E-state index contributed by atoms with van der Waals surface area (Å²) in [6, 6.07) is 11.0. The summed E-state index contributed by atoms with van der Waals surface area (Å²) in [4.78, 5) is 8.49. The second-order valence-corrected chi connectivity index (χ2v) is 6.98. The molecule has 0 aliphatic carbocycles. The fraction of sp³-hybridized carbons (Fsp3) is 0.190. The third-order valence-corrected chi connectivity index (χ3v) is 4.89. The van der Waals surface area contributed by atoms with E-state index in [2.05, 4.69) is 26.4 Å². The van der Waals surface area contributed by atoms with Crippen LogP contribution in [0, 0.1) is 12.7 Å². The molecule has 0 atom stereocenters. The third-order valence-electron chi connectivity index (χ3n) is 4.62. The van der Waals surface area contributed by atoms with Gasteiger partial charge in [-0.25, -0.2) is 13.9 Å². The Labute approximate surface area is 172 Å². The van der Waals surface area contributed by atoms with Gasteiger partial charge in [0.05, 0.1) is 19.0 Å². The molecule has 0 saturated heterocycles. The number of halogens is 2. The largest absolute Gasteiger partial charge is 0.497 e. The second kappa shape index (κ2) is 8.05. The maximum Gasteiger partial charge on any atom is 0.162 e. The van der Waals surface area contributed by atoms with Crippen LogP contribution in [0.4, 0.5) is 10.2 Å². The lowest BCUT2D eigenvalue weighted by Gasteiger charge is -2.06. The standard InChI is InChI=1S/C21H19ClFN5O/c1-13-20(25-7-6-14-4-3-5-17(8-14)29-2)27-28-19(22)10-18(26-21(13)28)15-9-16(23)12-24-11-15/h3-5,8-12H,6-7H2,1-2H3,(H,25,27). The number of ether oxygens (including phenoxy) is 1. The van der Waals surface area contributed by atoms with E-state index < -0.39 is 5.82 Å². The van der Waals surface area contributed by atoms with Gasteiger partial charge in [-0.05, 0) is 37.1 Å². The molecule has 29 heavy (non-hydrogen) atoms. The van der Waals surface area contributed by atoms with Gasteiger partial charge in [0.1, 0.15) is 16.7 Å². The predicted octanol–water partition coefficient (Wildman–Crippen LogP) is 4.56. The van der Waals surface area contributed by atoms with Gasteiger partial charge in [0.25, 0.3) is 0 Å². The quantitative estimate of drug-likeness (QED) is 0.471. The van der Waals surface area contributed by atoms with Gasteiger partial charge in [-0.1, -0.05) is 23.7 Å². The molecule has 8 heteroatoms. The number of benzene rings is 1. The maximum absolute atomic E-state index is 13.5. The van der Waals surface area contributed by atoms with E-state index in [9.17, 15) is 4.39 Å². The number of aromatic nitrogens is 4. The van der Waals surface area contributed by atoms with Crippen molar-refractivity contribution >= 4 is 23.1 Å². The van der Waals surface area contributed by atoms with Crippen LogP contribution in [0.1, 0.15) is 11.1 Å². The molecule has 3 aromatic heterocycles. The molecule has 0 saturated carbocycles. The second-order valence-electron chi connectivity index (χ2n) is 6.59. The van der Waals surface area contributed by atoms with E-state index in [0.29, 0.717) is 34.4 Å². The Bertz CT molecular complexity index is 1180. The smallest absolute Gasteiger partial charge is 0.162 e. The maximum atomic E-state index is 13.5. The lowest BCUT2D eigenvalue weighted by Crippen LogP contribution is -2.06. The summed E-state index contributed by atoms with van der Waals surface area (Å²) in [5.74, 6) is 1.11. The van der Waals surface area contributed by atoms with Crippen LogP contribution in [0.15, 0.2) is 48.8 Å². The highest BCUT2D eigenvalue weighted by Crippen LogP contribution is 2.26. The molecular weight excluding hydrogens is 393 g/mol. The van der Waals surface area contributed by atoms with E-state index in [4.69, 9.17) is 16.3 Å². The molecule has 4 aromatic rings. The Morgan fingerprint density at radius 1 is 1.21 bits per heavy atom. The lowest BCUT2D eigenvalue weighted by molar-refractivity contribution is 0.414. The zero-order valence-electron chi connectivity index (χ0n) is 16.0. The highest BCUT2D eigenvalue weighted by atomic mass is 35.5. The van der Waals surface area contributed by atoms with Crippen LogP contribution in [-0.2, 0) is 6.42 Å². The number of pyridine rings is 1. The fourth-order valence-corrected chi connectivity index (χ4v) is 3.33. The van der Waals surface area contributed by atoms with Crippen LogP contribution in [0.25, 0.3) is 16.9 Å². The summed E-state index contributed by atoms with van der Waals surface area (Å²) in [7, 11) is 1.66. The number of nitrogens with one attached hydrogen (secondary N) is 1. The summed E-state index contributed by atoms with van der Waals surface area (Å²) < 4.78 is 20.3. The van der Waals surface area contributed by atoms with Crippen LogP contribution >= 0.6 is 11.6 Å². The SMILES string of the molecule is COc1cccc(CCNc2nn3c(Cl)cc(-c4cncc(F)c4)nc3c2C)c1. The Morgan fingerprint density at radius 3 is 2.86 bits per heavy atom. The number of fused-ring (bicyclic) bond motifs is 1. The number of anilines is 1. The van der Waals surface area contributed by atoms with Crippen LogP contribution in [0.3, 0.4) is 0 Å². The molecule has 0 bridgehead atoms. The topological polar surface area (TPSA) is 64.3 Å². The van der Waals surface area contributed by atoms with Crippen molar-refractivity contribution in [1.29, 1.82) is 0 Å². The first kappa shape index (κ1) is 19.1. The van der Waals surface area contributed by atoms with Crippen molar-refractivity contribution in [2.24, 2.45) is 0 Å². The van der Waals surface area contributed by atoms with E-state index in [0.717, 1.165) is 29.5 Å². The van der Waals surface area contributed by atoms with Crippen molar-refractivity contribution in [1.82, 2.24) is 19.6 Å². The number of hydrogen-bond donors (Lipinski definition) is 1. The summed E-state index contributed by atoms with van der Waals surface area (Å²) in [6.07, 6.45) is 3.52. The zero-order valence-corrected chi connectivity index (χ0v) is 16.7. The molecule has 6 nitrogen and oxygen atoms in total. The van der Waals surface area contributed by atoms with Crippen LogP contribution in [-0.4, -0.2) is 33.2 Å². The van der Waals surface area contributed by atoms with Gasteiger partial charge in [0, 0.05) is 29.9 Å². The average molecular weight is 412 g/mol. The minimum Gasteiger partial charge on any atom is -0.497 e. The molecule has 148 valence electrons. The Kier molecular flexibility index (Phi) is 5.31.